The van der Waals surface area contributed by atoms with Gasteiger partial charge in [-0.05, 0) is 65.4 Å². The van der Waals surface area contributed by atoms with Gasteiger partial charge in [-0.3, -0.25) is 14.4 Å². The molecule has 0 saturated carbocycles. The van der Waals surface area contributed by atoms with E-state index in [1.165, 1.54) is 11.8 Å². The molecule has 1 heterocycles. The fourth-order valence-corrected chi connectivity index (χ4v) is 5.54. The summed E-state index contributed by atoms with van der Waals surface area (Å²) in [5, 5.41) is 11.7. The minimum atomic E-state index is -0.476. The number of H-pyrrole nitrogens is 1. The van der Waals surface area contributed by atoms with Crippen molar-refractivity contribution < 1.29 is 14.4 Å². The van der Waals surface area contributed by atoms with Crippen molar-refractivity contribution in [2.24, 2.45) is 0 Å². The van der Waals surface area contributed by atoms with Crippen molar-refractivity contribution in [3.8, 4) is 0 Å². The van der Waals surface area contributed by atoms with Gasteiger partial charge in [0, 0.05) is 44.5 Å². The first kappa shape index (κ1) is 28.5. The van der Waals surface area contributed by atoms with Crippen molar-refractivity contribution in [3.63, 3.8) is 0 Å². The molecule has 6 rings (SSSR count). The fraction of sp³-hybridized carbons (Fsp3) is 0.0278. The van der Waals surface area contributed by atoms with Crippen LogP contribution >= 0.6 is 11.8 Å². The Hall–Kier alpha value is -5.60. The molecular weight excluding hydrogens is 568 g/mol. The summed E-state index contributed by atoms with van der Waals surface area (Å²) in [6.07, 6.45) is 3.46. The molecule has 0 aliphatic rings. The van der Waals surface area contributed by atoms with Crippen LogP contribution in [0.2, 0.25) is 0 Å². The molecule has 5 aromatic carbocycles. The van der Waals surface area contributed by atoms with Crippen LogP contribution in [0.15, 0.2) is 138 Å². The lowest BCUT2D eigenvalue weighted by Crippen LogP contribution is -2.30. The van der Waals surface area contributed by atoms with E-state index in [1.54, 1.807) is 48.7 Å². The summed E-state index contributed by atoms with van der Waals surface area (Å²) in [6.45, 7) is 0. The van der Waals surface area contributed by atoms with E-state index in [0.29, 0.717) is 11.3 Å². The predicted octanol–water partition coefficient (Wildman–Crippen LogP) is 7.46. The Morgan fingerprint density at radius 3 is 2.32 bits per heavy atom. The normalized spacial score (nSPS) is 11.3. The third-order valence-electron chi connectivity index (χ3n) is 6.94. The summed E-state index contributed by atoms with van der Waals surface area (Å²) in [5.41, 5.74) is 3.49. The van der Waals surface area contributed by atoms with E-state index in [9.17, 15) is 14.4 Å². The van der Waals surface area contributed by atoms with E-state index in [4.69, 9.17) is 0 Å². The Kier molecular flexibility index (Phi) is 8.52. The number of carbonyl (C=O) groups excluding carboxylic acids is 3. The molecule has 3 amide bonds. The maximum atomic E-state index is 13.5. The fourth-order valence-electron chi connectivity index (χ4n) is 4.79. The van der Waals surface area contributed by atoms with Gasteiger partial charge in [-0.15, -0.1) is 11.8 Å². The van der Waals surface area contributed by atoms with Gasteiger partial charge in [0.25, 0.3) is 11.8 Å². The molecule has 8 heteroatoms. The Morgan fingerprint density at radius 2 is 1.45 bits per heavy atom. The number of nitrogens with one attached hydrogen (secondary N) is 4. The van der Waals surface area contributed by atoms with Crippen LogP contribution in [0, 0.1) is 0 Å². The van der Waals surface area contributed by atoms with Gasteiger partial charge in [0.2, 0.25) is 5.91 Å². The number of hydrogen-bond donors (Lipinski definition) is 4. The van der Waals surface area contributed by atoms with E-state index < -0.39 is 11.8 Å². The van der Waals surface area contributed by atoms with Gasteiger partial charge in [-0.1, -0.05) is 72.8 Å². The number of aromatic amines is 1. The van der Waals surface area contributed by atoms with Crippen molar-refractivity contribution in [1.29, 1.82) is 0 Å². The Bertz CT molecular complexity index is 2020. The summed E-state index contributed by atoms with van der Waals surface area (Å²) in [7, 11) is 0. The molecule has 0 unspecified atom stereocenters. The van der Waals surface area contributed by atoms with Crippen molar-refractivity contribution in [3.05, 3.63) is 144 Å². The molecule has 0 aliphatic heterocycles. The first-order valence-corrected chi connectivity index (χ1v) is 15.0. The first-order valence-electron chi connectivity index (χ1n) is 14.0. The van der Waals surface area contributed by atoms with Crippen LogP contribution in [0.3, 0.4) is 0 Å². The molecule has 6 aromatic rings. The molecule has 0 radical (unpaired) electrons. The number of thioether (sulfide) groups is 1. The summed E-state index contributed by atoms with van der Waals surface area (Å²) in [6, 6.07) is 37.5. The van der Waals surface area contributed by atoms with Crippen LogP contribution in [0.25, 0.3) is 27.8 Å². The highest BCUT2D eigenvalue weighted by Gasteiger charge is 2.16. The molecule has 0 bridgehead atoms. The lowest BCUT2D eigenvalue weighted by Gasteiger charge is -2.12. The summed E-state index contributed by atoms with van der Waals surface area (Å²) in [4.78, 5) is 43.3. The first-order chi connectivity index (χ1) is 21.5. The predicted molar refractivity (Wildman–Crippen MR) is 179 cm³/mol. The van der Waals surface area contributed by atoms with E-state index >= 15 is 0 Å². The number of rotatable bonds is 9. The molecule has 0 atom stereocenters. The van der Waals surface area contributed by atoms with Crippen LogP contribution < -0.4 is 16.0 Å². The molecule has 0 fully saturated rings. The topological polar surface area (TPSA) is 103 Å². The second-order valence-corrected chi connectivity index (χ2v) is 11.1. The van der Waals surface area contributed by atoms with Crippen LogP contribution in [0.5, 0.6) is 0 Å². The van der Waals surface area contributed by atoms with Crippen molar-refractivity contribution in [2.45, 2.75) is 4.90 Å². The maximum Gasteiger partial charge on any atom is 0.272 e. The van der Waals surface area contributed by atoms with Crippen LogP contribution in [-0.4, -0.2) is 28.5 Å². The number of para-hydroxylation sites is 1. The van der Waals surface area contributed by atoms with Gasteiger partial charge in [0.05, 0.1) is 5.75 Å². The Balaban J connectivity index is 1.15. The zero-order valence-electron chi connectivity index (χ0n) is 23.5. The second kappa shape index (κ2) is 13.1. The average molecular weight is 597 g/mol. The van der Waals surface area contributed by atoms with Gasteiger partial charge in [-0.25, -0.2) is 0 Å². The largest absolute Gasteiger partial charge is 0.361 e. The van der Waals surface area contributed by atoms with E-state index in [2.05, 4.69) is 20.9 Å². The highest BCUT2D eigenvalue weighted by Crippen LogP contribution is 2.24. The number of fused-ring (bicyclic) bond motifs is 2. The number of benzene rings is 5. The Labute approximate surface area is 258 Å². The molecular formula is C36H28N4O3S. The van der Waals surface area contributed by atoms with E-state index in [-0.39, 0.29) is 17.4 Å². The van der Waals surface area contributed by atoms with Crippen molar-refractivity contribution >= 4 is 68.6 Å². The third kappa shape index (κ3) is 6.88. The monoisotopic (exact) mass is 596 g/mol. The van der Waals surface area contributed by atoms with Gasteiger partial charge in [-0.2, -0.15) is 0 Å². The molecule has 0 saturated heterocycles. The number of carbonyl (C=O) groups is 3. The highest BCUT2D eigenvalue weighted by atomic mass is 32.2. The molecule has 7 nitrogen and oxygen atoms in total. The third-order valence-corrected chi connectivity index (χ3v) is 7.94. The lowest BCUT2D eigenvalue weighted by molar-refractivity contribution is -0.114. The van der Waals surface area contributed by atoms with Gasteiger partial charge in [0.15, 0.2) is 0 Å². The van der Waals surface area contributed by atoms with Gasteiger partial charge in [0.1, 0.15) is 5.70 Å². The summed E-state index contributed by atoms with van der Waals surface area (Å²) >= 11 is 1.36. The zero-order chi connectivity index (χ0) is 30.3. The molecule has 4 N–H and O–H groups in total. The van der Waals surface area contributed by atoms with E-state index in [0.717, 1.165) is 37.8 Å². The maximum absolute atomic E-state index is 13.5. The molecule has 1 aromatic heterocycles. The highest BCUT2D eigenvalue weighted by molar-refractivity contribution is 8.00. The van der Waals surface area contributed by atoms with Crippen molar-refractivity contribution in [1.82, 2.24) is 10.3 Å². The van der Waals surface area contributed by atoms with Crippen molar-refractivity contribution in [2.75, 3.05) is 16.4 Å². The minimum absolute atomic E-state index is 0.0939. The molecule has 216 valence electrons. The summed E-state index contributed by atoms with van der Waals surface area (Å²) < 4.78 is 0. The minimum Gasteiger partial charge on any atom is -0.361 e. The number of hydrogen-bond acceptors (Lipinski definition) is 4. The Morgan fingerprint density at radius 1 is 0.705 bits per heavy atom. The standard InChI is InChI=1S/C36H28N4O3S/c41-34(38-29-18-17-24-9-4-5-12-26(24)19-29)23-44-30-14-8-13-28(21-30)39-36(43)33(40-35(42)25-10-2-1-3-11-25)20-27-22-37-32-16-7-6-15-31(27)32/h1-22,37H,23H2,(H,38,41)(H,39,43)(H,40,42)/b33-20-. The number of amides is 3. The smallest absolute Gasteiger partial charge is 0.272 e. The number of anilines is 2. The van der Waals surface area contributed by atoms with Gasteiger partial charge < -0.3 is 20.9 Å². The SMILES string of the molecule is O=C(CSc1cccc(NC(=O)/C(=C/c2c[nH]c3ccccc23)NC(=O)c2ccccc2)c1)Nc1ccc2ccccc2c1. The van der Waals surface area contributed by atoms with Crippen LogP contribution in [-0.2, 0) is 9.59 Å². The summed E-state index contributed by atoms with van der Waals surface area (Å²) in [5.74, 6) is -0.806. The second-order valence-electron chi connectivity index (χ2n) is 10.0. The zero-order valence-corrected chi connectivity index (χ0v) is 24.4. The molecule has 44 heavy (non-hydrogen) atoms. The molecule has 0 spiro atoms. The average Bonchev–Trinajstić information content (AvgIpc) is 3.46. The van der Waals surface area contributed by atoms with Gasteiger partial charge >= 0.3 is 0 Å². The van der Waals surface area contributed by atoms with Crippen LogP contribution in [0.1, 0.15) is 15.9 Å². The van der Waals surface area contributed by atoms with E-state index in [1.807, 2.05) is 84.9 Å². The van der Waals surface area contributed by atoms with Crippen LogP contribution in [0.4, 0.5) is 11.4 Å². The molecule has 0 aliphatic carbocycles. The quantitative estimate of drug-likeness (QED) is 0.103. The number of aromatic nitrogens is 1. The lowest BCUT2D eigenvalue weighted by atomic mass is 10.1.